The monoisotopic (exact) mass is 844 g/mol. The summed E-state index contributed by atoms with van der Waals surface area (Å²) in [7, 11) is 0. The molecule has 0 aromatic heterocycles. The highest BCUT2D eigenvalue weighted by molar-refractivity contribution is 5.77. The maximum Gasteiger partial charge on any atom is 0.306 e. The third-order valence-corrected chi connectivity index (χ3v) is 12.0. The maximum absolute atomic E-state index is 13.2. The van der Waals surface area contributed by atoms with Gasteiger partial charge in [-0.1, -0.05) is 231 Å². The summed E-state index contributed by atoms with van der Waals surface area (Å²) in [5, 5.41) is 23.7. The Balaban J connectivity index is 4.58. The van der Waals surface area contributed by atoms with E-state index < -0.39 is 18.2 Å². The normalized spacial score (nSPS) is 13.5. The molecule has 6 nitrogen and oxygen atoms in total. The van der Waals surface area contributed by atoms with Crippen molar-refractivity contribution in [2.75, 3.05) is 6.61 Å². The van der Waals surface area contributed by atoms with Crippen LogP contribution in [0.5, 0.6) is 0 Å². The van der Waals surface area contributed by atoms with E-state index in [4.69, 9.17) is 4.74 Å². The molecule has 3 unspecified atom stereocenters. The molecule has 6 heteroatoms. The molecule has 0 saturated heterocycles. The lowest BCUT2D eigenvalue weighted by Crippen LogP contribution is -2.46. The Kier molecular flexibility index (Phi) is 46.6. The fourth-order valence-electron chi connectivity index (χ4n) is 7.97. The highest BCUT2D eigenvalue weighted by Crippen LogP contribution is 2.18. The van der Waals surface area contributed by atoms with Gasteiger partial charge in [0.1, 0.15) is 6.10 Å². The first-order valence-electron chi connectivity index (χ1n) is 26.2. The van der Waals surface area contributed by atoms with Crippen molar-refractivity contribution in [2.45, 2.75) is 289 Å². The van der Waals surface area contributed by atoms with Crippen LogP contribution in [-0.4, -0.2) is 46.9 Å². The van der Waals surface area contributed by atoms with Gasteiger partial charge in [-0.15, -0.1) is 0 Å². The number of ether oxygens (including phenoxy) is 1. The van der Waals surface area contributed by atoms with Crippen LogP contribution in [0.2, 0.25) is 0 Å². The molecule has 0 rings (SSSR count). The SMILES string of the molecule is CCCCC/C=C\C/C=C\C/C=C\CCCCC(CC(=O)NC(CO)C(O)CCCCCCCCCCC)OC(=O)CCCCCCCCCCCCCCCCCCC. The van der Waals surface area contributed by atoms with Crippen LogP contribution in [0.1, 0.15) is 271 Å². The Morgan fingerprint density at radius 1 is 0.483 bits per heavy atom. The molecule has 0 spiro atoms. The molecule has 0 bridgehead atoms. The quantitative estimate of drug-likeness (QED) is 0.0322. The Hall–Kier alpha value is -1.92. The molecule has 60 heavy (non-hydrogen) atoms. The standard InChI is InChI=1S/C54H101NO5/c1-4-7-10-13-16-19-21-23-25-26-28-30-32-35-38-41-44-47-54(59)60-50(45-42-39-36-34-31-29-27-24-22-20-17-14-11-8-5-2)48-53(58)55-51(49-56)52(57)46-43-40-37-33-18-15-12-9-6-3/h17,20,24,27,31,34,50-52,56-57H,4-16,18-19,21-23,25-26,28-30,32-33,35-49H2,1-3H3,(H,55,58)/b20-17-,27-24-,34-31-. The van der Waals surface area contributed by atoms with Crippen LogP contribution >= 0.6 is 0 Å². The average molecular weight is 844 g/mol. The Labute approximate surface area is 373 Å². The molecule has 1 amide bonds. The van der Waals surface area contributed by atoms with Crippen molar-refractivity contribution < 1.29 is 24.5 Å². The number of aliphatic hydroxyl groups is 2. The first kappa shape index (κ1) is 58.1. The van der Waals surface area contributed by atoms with E-state index in [0.29, 0.717) is 19.3 Å². The first-order valence-corrected chi connectivity index (χ1v) is 26.2. The van der Waals surface area contributed by atoms with Crippen molar-refractivity contribution in [2.24, 2.45) is 0 Å². The zero-order chi connectivity index (χ0) is 43.8. The highest BCUT2D eigenvalue weighted by atomic mass is 16.5. The van der Waals surface area contributed by atoms with Crippen molar-refractivity contribution >= 4 is 11.9 Å². The summed E-state index contributed by atoms with van der Waals surface area (Å²) in [6, 6.07) is -0.709. The Bertz CT molecular complexity index is 993. The van der Waals surface area contributed by atoms with Gasteiger partial charge < -0.3 is 20.3 Å². The van der Waals surface area contributed by atoms with E-state index in [1.165, 1.54) is 154 Å². The van der Waals surface area contributed by atoms with Crippen molar-refractivity contribution in [3.63, 3.8) is 0 Å². The third-order valence-electron chi connectivity index (χ3n) is 12.0. The lowest BCUT2D eigenvalue weighted by Gasteiger charge is -2.24. The molecule has 3 N–H and O–H groups in total. The summed E-state index contributed by atoms with van der Waals surface area (Å²) in [4.78, 5) is 26.1. The molecule has 352 valence electrons. The minimum Gasteiger partial charge on any atom is -0.462 e. The summed E-state index contributed by atoms with van der Waals surface area (Å²) in [6.07, 6.45) is 56.4. The highest BCUT2D eigenvalue weighted by Gasteiger charge is 2.24. The van der Waals surface area contributed by atoms with E-state index >= 15 is 0 Å². The molecule has 0 fully saturated rings. The average Bonchev–Trinajstić information content (AvgIpc) is 3.24. The number of rotatable bonds is 47. The molecule has 0 heterocycles. The molecule has 0 saturated carbocycles. The van der Waals surface area contributed by atoms with Crippen LogP contribution in [0.25, 0.3) is 0 Å². The topological polar surface area (TPSA) is 95.9 Å². The molecule has 0 aromatic rings. The number of hydrogen-bond acceptors (Lipinski definition) is 5. The van der Waals surface area contributed by atoms with Crippen molar-refractivity contribution in [1.29, 1.82) is 0 Å². The van der Waals surface area contributed by atoms with E-state index in [1.807, 2.05) is 0 Å². The third kappa shape index (κ3) is 42.8. The second-order valence-corrected chi connectivity index (χ2v) is 17.9. The summed E-state index contributed by atoms with van der Waals surface area (Å²) in [5.41, 5.74) is 0. The number of nitrogens with one attached hydrogen (secondary N) is 1. The van der Waals surface area contributed by atoms with Crippen LogP contribution in [-0.2, 0) is 14.3 Å². The van der Waals surface area contributed by atoms with Gasteiger partial charge in [-0.3, -0.25) is 9.59 Å². The molecule has 0 aliphatic rings. The maximum atomic E-state index is 13.2. The number of aliphatic hydroxyl groups excluding tert-OH is 2. The number of carbonyl (C=O) groups is 2. The van der Waals surface area contributed by atoms with Gasteiger partial charge >= 0.3 is 5.97 Å². The van der Waals surface area contributed by atoms with Gasteiger partial charge in [-0.25, -0.2) is 0 Å². The van der Waals surface area contributed by atoms with E-state index in [1.54, 1.807) is 0 Å². The number of amides is 1. The molecular weight excluding hydrogens is 743 g/mol. The smallest absolute Gasteiger partial charge is 0.306 e. The van der Waals surface area contributed by atoms with Gasteiger partial charge in [0.2, 0.25) is 5.91 Å². The molecule has 0 radical (unpaired) electrons. The Morgan fingerprint density at radius 3 is 1.30 bits per heavy atom. The number of unbranched alkanes of at least 4 members (excludes halogenated alkanes) is 29. The predicted octanol–water partition coefficient (Wildman–Crippen LogP) is 15.7. The van der Waals surface area contributed by atoms with Gasteiger partial charge in [-0.2, -0.15) is 0 Å². The van der Waals surface area contributed by atoms with Crippen LogP contribution in [0.3, 0.4) is 0 Å². The van der Waals surface area contributed by atoms with Crippen LogP contribution < -0.4 is 5.32 Å². The summed E-state index contributed by atoms with van der Waals surface area (Å²) < 4.78 is 5.92. The van der Waals surface area contributed by atoms with E-state index in [9.17, 15) is 19.8 Å². The zero-order valence-electron chi connectivity index (χ0n) is 40.1. The number of carbonyl (C=O) groups excluding carboxylic acids is 2. The summed E-state index contributed by atoms with van der Waals surface area (Å²) in [6.45, 7) is 6.44. The zero-order valence-corrected chi connectivity index (χ0v) is 40.1. The Morgan fingerprint density at radius 2 is 0.850 bits per heavy atom. The van der Waals surface area contributed by atoms with Crippen molar-refractivity contribution in [1.82, 2.24) is 5.32 Å². The van der Waals surface area contributed by atoms with Gasteiger partial charge in [0.25, 0.3) is 0 Å². The van der Waals surface area contributed by atoms with E-state index in [2.05, 4.69) is 62.5 Å². The van der Waals surface area contributed by atoms with Crippen molar-refractivity contribution in [3.8, 4) is 0 Å². The molecule has 0 aliphatic carbocycles. The minimum absolute atomic E-state index is 0.0553. The van der Waals surface area contributed by atoms with Gasteiger partial charge in [0.15, 0.2) is 0 Å². The van der Waals surface area contributed by atoms with E-state index in [0.717, 1.165) is 70.6 Å². The van der Waals surface area contributed by atoms with Gasteiger partial charge in [-0.05, 0) is 64.2 Å². The van der Waals surface area contributed by atoms with Crippen molar-refractivity contribution in [3.05, 3.63) is 36.5 Å². The number of esters is 1. The minimum atomic E-state index is -0.794. The second kappa shape index (κ2) is 48.1. The molecular formula is C54H101NO5. The van der Waals surface area contributed by atoms with Gasteiger partial charge in [0.05, 0.1) is 25.2 Å². The lowest BCUT2D eigenvalue weighted by atomic mass is 10.0. The number of allylic oxidation sites excluding steroid dienone is 6. The molecule has 3 atom stereocenters. The largest absolute Gasteiger partial charge is 0.462 e. The number of hydrogen-bond donors (Lipinski definition) is 3. The van der Waals surface area contributed by atoms with Gasteiger partial charge in [0, 0.05) is 6.42 Å². The molecule has 0 aliphatic heterocycles. The summed E-state index contributed by atoms with van der Waals surface area (Å²) >= 11 is 0. The fraction of sp³-hybridized carbons (Fsp3) is 0.852. The van der Waals surface area contributed by atoms with E-state index in [-0.39, 0.29) is 24.9 Å². The molecule has 0 aromatic carbocycles. The van der Waals surface area contributed by atoms with Crippen LogP contribution in [0, 0.1) is 0 Å². The first-order chi connectivity index (χ1) is 29.5. The second-order valence-electron chi connectivity index (χ2n) is 17.9. The van der Waals surface area contributed by atoms with Crippen LogP contribution in [0.4, 0.5) is 0 Å². The predicted molar refractivity (Wildman–Crippen MR) is 259 cm³/mol. The lowest BCUT2D eigenvalue weighted by molar-refractivity contribution is -0.151. The summed E-state index contributed by atoms with van der Waals surface area (Å²) in [5.74, 6) is -0.501. The van der Waals surface area contributed by atoms with Crippen LogP contribution in [0.15, 0.2) is 36.5 Å². The fourth-order valence-corrected chi connectivity index (χ4v) is 7.97.